The molecule has 0 spiro atoms. The van der Waals surface area contributed by atoms with Crippen molar-refractivity contribution in [2.45, 2.75) is 44.7 Å². The van der Waals surface area contributed by atoms with Crippen LogP contribution in [0.5, 0.6) is 5.75 Å². The summed E-state index contributed by atoms with van der Waals surface area (Å²) in [7, 11) is -3.23. The van der Waals surface area contributed by atoms with E-state index < -0.39 is 15.9 Å². The van der Waals surface area contributed by atoms with Gasteiger partial charge < -0.3 is 10.1 Å². The number of benzene rings is 2. The third kappa shape index (κ3) is 5.33. The summed E-state index contributed by atoms with van der Waals surface area (Å²) in [6.07, 6.45) is 0.521. The molecule has 0 saturated carbocycles. The maximum Gasteiger partial charge on any atom is 0.261 e. The first-order valence-corrected chi connectivity index (χ1v) is 10.3. The normalized spacial score (nSPS) is 13.7. The van der Waals surface area contributed by atoms with Gasteiger partial charge in [-0.15, -0.1) is 0 Å². The van der Waals surface area contributed by atoms with E-state index >= 15 is 0 Å². The maximum absolute atomic E-state index is 12.4. The van der Waals surface area contributed by atoms with Gasteiger partial charge in [0, 0.05) is 6.26 Å². The molecule has 0 aliphatic heterocycles. The standard InChI is InChI=1S/C20H25NO4S/c1-13-10-14(2)12-18(11-13)25-16(4)20(22)21-15(3)17-6-8-19(9-7-17)26(5,23)24/h6-12,15-16H,1-5H3,(H,21,22)/t15-,16+/m0/s1. The van der Waals surface area contributed by atoms with Gasteiger partial charge in [-0.2, -0.15) is 0 Å². The lowest BCUT2D eigenvalue weighted by molar-refractivity contribution is -0.127. The van der Waals surface area contributed by atoms with Crippen LogP contribution < -0.4 is 10.1 Å². The van der Waals surface area contributed by atoms with Crippen LogP contribution in [0.15, 0.2) is 47.4 Å². The average Bonchev–Trinajstić information content (AvgIpc) is 2.53. The zero-order valence-corrected chi connectivity index (χ0v) is 16.6. The number of rotatable bonds is 6. The number of hydrogen-bond donors (Lipinski definition) is 1. The lowest BCUT2D eigenvalue weighted by Gasteiger charge is -2.19. The van der Waals surface area contributed by atoms with E-state index in [0.717, 1.165) is 16.7 Å². The molecule has 1 N–H and O–H groups in total. The lowest BCUT2D eigenvalue weighted by atomic mass is 10.1. The highest BCUT2D eigenvalue weighted by atomic mass is 32.2. The molecule has 0 aromatic heterocycles. The number of sulfone groups is 1. The summed E-state index contributed by atoms with van der Waals surface area (Å²) < 4.78 is 28.8. The molecule has 0 radical (unpaired) electrons. The molecule has 0 unspecified atom stereocenters. The molecule has 2 atom stereocenters. The van der Waals surface area contributed by atoms with Crippen LogP contribution in [0.1, 0.15) is 36.6 Å². The molecule has 0 fully saturated rings. The topological polar surface area (TPSA) is 72.5 Å². The van der Waals surface area contributed by atoms with Gasteiger partial charge in [0.05, 0.1) is 10.9 Å². The second-order valence-corrected chi connectivity index (χ2v) is 8.67. The van der Waals surface area contributed by atoms with E-state index in [4.69, 9.17) is 4.74 Å². The zero-order chi connectivity index (χ0) is 19.5. The molecule has 140 valence electrons. The minimum Gasteiger partial charge on any atom is -0.481 e. The minimum atomic E-state index is -3.23. The number of nitrogens with one attached hydrogen (secondary N) is 1. The van der Waals surface area contributed by atoms with Crippen LogP contribution in [-0.4, -0.2) is 26.7 Å². The summed E-state index contributed by atoms with van der Waals surface area (Å²) in [5.74, 6) is 0.430. The molecule has 1 amide bonds. The monoisotopic (exact) mass is 375 g/mol. The van der Waals surface area contributed by atoms with Gasteiger partial charge in [-0.1, -0.05) is 18.2 Å². The molecule has 26 heavy (non-hydrogen) atoms. The predicted molar refractivity (Wildman–Crippen MR) is 102 cm³/mol. The first kappa shape index (κ1) is 20.0. The summed E-state index contributed by atoms with van der Waals surface area (Å²) in [4.78, 5) is 12.7. The third-order valence-corrected chi connectivity index (χ3v) is 5.17. The van der Waals surface area contributed by atoms with E-state index in [1.165, 1.54) is 6.26 Å². The summed E-state index contributed by atoms with van der Waals surface area (Å²) in [5.41, 5.74) is 2.98. The highest BCUT2D eigenvalue weighted by molar-refractivity contribution is 7.90. The van der Waals surface area contributed by atoms with Gasteiger partial charge in [0.15, 0.2) is 15.9 Å². The Balaban J connectivity index is 2.01. The number of ether oxygens (including phenoxy) is 1. The Morgan fingerprint density at radius 3 is 2.04 bits per heavy atom. The molecule has 0 heterocycles. The van der Waals surface area contributed by atoms with Crippen LogP contribution in [0.3, 0.4) is 0 Å². The first-order valence-electron chi connectivity index (χ1n) is 8.41. The van der Waals surface area contributed by atoms with E-state index in [0.29, 0.717) is 5.75 Å². The molecule has 2 rings (SSSR count). The molecule has 2 aromatic rings. The SMILES string of the molecule is Cc1cc(C)cc(O[C@H](C)C(=O)N[C@@H](C)c2ccc(S(C)(=O)=O)cc2)c1. The van der Waals surface area contributed by atoms with Gasteiger partial charge in [0.25, 0.3) is 5.91 Å². The molecule has 6 heteroatoms. The maximum atomic E-state index is 12.4. The Labute approximate surface area is 155 Å². The molecule has 0 aliphatic carbocycles. The van der Waals surface area contributed by atoms with Gasteiger partial charge in [0.1, 0.15) is 5.75 Å². The van der Waals surface area contributed by atoms with Crippen molar-refractivity contribution in [1.82, 2.24) is 5.32 Å². The second kappa shape index (κ2) is 7.91. The van der Waals surface area contributed by atoms with Crippen LogP contribution >= 0.6 is 0 Å². The van der Waals surface area contributed by atoms with Crippen LogP contribution in [-0.2, 0) is 14.6 Å². The van der Waals surface area contributed by atoms with Crippen LogP contribution in [0.4, 0.5) is 0 Å². The largest absolute Gasteiger partial charge is 0.481 e. The summed E-state index contributed by atoms with van der Waals surface area (Å²) in [6.45, 7) is 7.50. The van der Waals surface area contributed by atoms with E-state index in [2.05, 4.69) is 5.32 Å². The van der Waals surface area contributed by atoms with Crippen molar-refractivity contribution in [2.24, 2.45) is 0 Å². The zero-order valence-electron chi connectivity index (χ0n) is 15.7. The van der Waals surface area contributed by atoms with E-state index in [1.807, 2.05) is 39.0 Å². The fraction of sp³-hybridized carbons (Fsp3) is 0.350. The van der Waals surface area contributed by atoms with Gasteiger partial charge in [-0.25, -0.2) is 8.42 Å². The van der Waals surface area contributed by atoms with E-state index in [9.17, 15) is 13.2 Å². The van der Waals surface area contributed by atoms with Gasteiger partial charge in [-0.3, -0.25) is 4.79 Å². The van der Waals surface area contributed by atoms with Crippen molar-refractivity contribution < 1.29 is 17.9 Å². The quantitative estimate of drug-likeness (QED) is 0.840. The van der Waals surface area contributed by atoms with Gasteiger partial charge >= 0.3 is 0 Å². The summed E-state index contributed by atoms with van der Waals surface area (Å²) >= 11 is 0. The number of carbonyl (C=O) groups is 1. The number of carbonyl (C=O) groups excluding carboxylic acids is 1. The summed E-state index contributed by atoms with van der Waals surface area (Å²) in [6, 6.07) is 12.1. The smallest absolute Gasteiger partial charge is 0.261 e. The first-order chi connectivity index (χ1) is 12.1. The average molecular weight is 375 g/mol. The lowest BCUT2D eigenvalue weighted by Crippen LogP contribution is -2.37. The Kier molecular flexibility index (Phi) is 6.08. The molecule has 0 aliphatic rings. The summed E-state index contributed by atoms with van der Waals surface area (Å²) in [5, 5.41) is 2.89. The van der Waals surface area contributed by atoms with Crippen molar-refractivity contribution >= 4 is 15.7 Å². The Bertz CT molecular complexity index is 868. The van der Waals surface area contributed by atoms with E-state index in [-0.39, 0.29) is 16.8 Å². The van der Waals surface area contributed by atoms with Crippen molar-refractivity contribution in [3.8, 4) is 5.75 Å². The molecule has 5 nitrogen and oxygen atoms in total. The number of amides is 1. The number of aryl methyl sites for hydroxylation is 2. The van der Waals surface area contributed by atoms with Crippen molar-refractivity contribution in [2.75, 3.05) is 6.26 Å². The van der Waals surface area contributed by atoms with Crippen molar-refractivity contribution in [3.63, 3.8) is 0 Å². The van der Waals surface area contributed by atoms with Crippen LogP contribution in [0.2, 0.25) is 0 Å². The number of hydrogen-bond acceptors (Lipinski definition) is 4. The molecule has 2 aromatic carbocycles. The molecule has 0 saturated heterocycles. The van der Waals surface area contributed by atoms with Crippen LogP contribution in [0, 0.1) is 13.8 Å². The van der Waals surface area contributed by atoms with Gasteiger partial charge in [0.2, 0.25) is 0 Å². The van der Waals surface area contributed by atoms with Crippen molar-refractivity contribution in [3.05, 3.63) is 59.2 Å². The molecular weight excluding hydrogens is 350 g/mol. The predicted octanol–water partition coefficient (Wildman–Crippen LogP) is 3.35. The highest BCUT2D eigenvalue weighted by Crippen LogP contribution is 2.19. The fourth-order valence-corrected chi connectivity index (χ4v) is 3.31. The Morgan fingerprint density at radius 2 is 1.54 bits per heavy atom. The Hall–Kier alpha value is -2.34. The minimum absolute atomic E-state index is 0.233. The Morgan fingerprint density at radius 1 is 1.00 bits per heavy atom. The highest BCUT2D eigenvalue weighted by Gasteiger charge is 2.18. The third-order valence-electron chi connectivity index (χ3n) is 4.04. The molecule has 0 bridgehead atoms. The van der Waals surface area contributed by atoms with E-state index in [1.54, 1.807) is 31.2 Å². The van der Waals surface area contributed by atoms with Gasteiger partial charge in [-0.05, 0) is 68.7 Å². The van der Waals surface area contributed by atoms with Crippen LogP contribution in [0.25, 0.3) is 0 Å². The molecular formula is C20H25NO4S. The fourth-order valence-electron chi connectivity index (χ4n) is 2.68. The second-order valence-electron chi connectivity index (χ2n) is 6.65. The van der Waals surface area contributed by atoms with Crippen molar-refractivity contribution in [1.29, 1.82) is 0 Å².